The summed E-state index contributed by atoms with van der Waals surface area (Å²) in [4.78, 5) is 29.5. The highest BCUT2D eigenvalue weighted by atomic mass is 79.9. The molecule has 2 amide bonds. The molecule has 1 aromatic heterocycles. The number of hydrogen-bond donors (Lipinski definition) is 2. The molecular formula is C27H17Br2N3O3. The van der Waals surface area contributed by atoms with E-state index in [0.717, 1.165) is 14.5 Å². The predicted molar refractivity (Wildman–Crippen MR) is 144 cm³/mol. The SMILES string of the molecule is O=C(Nc1ccc(-c2nc3cc(NC(=O)c4ccc(Br)cc4)ccc3o2)cc1)c1ccc(Br)cc1. The van der Waals surface area contributed by atoms with Crippen molar-refractivity contribution in [3.05, 3.63) is 111 Å². The minimum atomic E-state index is -0.207. The molecule has 8 heteroatoms. The minimum Gasteiger partial charge on any atom is -0.436 e. The van der Waals surface area contributed by atoms with Crippen LogP contribution >= 0.6 is 31.9 Å². The Hall–Kier alpha value is -3.75. The molecule has 0 saturated carbocycles. The van der Waals surface area contributed by atoms with E-state index in [1.54, 1.807) is 54.6 Å². The van der Waals surface area contributed by atoms with Crippen LogP contribution < -0.4 is 10.6 Å². The number of nitrogens with one attached hydrogen (secondary N) is 2. The molecule has 0 aliphatic carbocycles. The smallest absolute Gasteiger partial charge is 0.255 e. The molecule has 0 atom stereocenters. The number of carbonyl (C=O) groups excluding carboxylic acids is 2. The molecule has 5 aromatic rings. The van der Waals surface area contributed by atoms with Gasteiger partial charge in [0.05, 0.1) is 0 Å². The Morgan fingerprint density at radius 2 is 1.17 bits per heavy atom. The van der Waals surface area contributed by atoms with Crippen molar-refractivity contribution in [3.63, 3.8) is 0 Å². The molecule has 0 bridgehead atoms. The van der Waals surface area contributed by atoms with E-state index in [4.69, 9.17) is 4.42 Å². The number of rotatable bonds is 5. The van der Waals surface area contributed by atoms with E-state index in [-0.39, 0.29) is 11.8 Å². The van der Waals surface area contributed by atoms with Crippen molar-refractivity contribution in [1.82, 2.24) is 4.98 Å². The maximum absolute atomic E-state index is 12.5. The monoisotopic (exact) mass is 589 g/mol. The van der Waals surface area contributed by atoms with Crippen LogP contribution in [0.3, 0.4) is 0 Å². The van der Waals surface area contributed by atoms with Crippen LogP contribution in [0.4, 0.5) is 11.4 Å². The van der Waals surface area contributed by atoms with Gasteiger partial charge in [-0.2, -0.15) is 0 Å². The Kier molecular flexibility index (Phi) is 6.48. The first-order valence-corrected chi connectivity index (χ1v) is 12.2. The molecule has 6 nitrogen and oxygen atoms in total. The molecule has 0 aliphatic rings. The first-order valence-electron chi connectivity index (χ1n) is 10.6. The highest BCUT2D eigenvalue weighted by Gasteiger charge is 2.12. The summed E-state index contributed by atoms with van der Waals surface area (Å²) in [7, 11) is 0. The van der Waals surface area contributed by atoms with Crippen LogP contribution in [0.5, 0.6) is 0 Å². The van der Waals surface area contributed by atoms with Crippen molar-refractivity contribution in [2.75, 3.05) is 10.6 Å². The molecular weight excluding hydrogens is 574 g/mol. The zero-order valence-corrected chi connectivity index (χ0v) is 21.3. The number of halogens is 2. The maximum atomic E-state index is 12.5. The van der Waals surface area contributed by atoms with E-state index in [2.05, 4.69) is 47.5 Å². The van der Waals surface area contributed by atoms with Crippen LogP contribution in [0.2, 0.25) is 0 Å². The summed E-state index contributed by atoms with van der Waals surface area (Å²) >= 11 is 6.73. The Bertz CT molecular complexity index is 1530. The number of fused-ring (bicyclic) bond motifs is 1. The third-order valence-electron chi connectivity index (χ3n) is 5.25. The Labute approximate surface area is 217 Å². The van der Waals surface area contributed by atoms with Gasteiger partial charge >= 0.3 is 0 Å². The molecule has 2 N–H and O–H groups in total. The number of anilines is 2. The average molecular weight is 591 g/mol. The van der Waals surface area contributed by atoms with Gasteiger partial charge in [-0.3, -0.25) is 9.59 Å². The molecule has 0 fully saturated rings. The topological polar surface area (TPSA) is 84.2 Å². The van der Waals surface area contributed by atoms with Crippen LogP contribution in [0.25, 0.3) is 22.6 Å². The molecule has 0 unspecified atom stereocenters. The fraction of sp³-hybridized carbons (Fsp3) is 0. The lowest BCUT2D eigenvalue weighted by Gasteiger charge is -2.06. The molecule has 4 aromatic carbocycles. The second-order valence-corrected chi connectivity index (χ2v) is 9.53. The van der Waals surface area contributed by atoms with Crippen molar-refractivity contribution in [1.29, 1.82) is 0 Å². The Morgan fingerprint density at radius 3 is 1.74 bits per heavy atom. The third-order valence-corrected chi connectivity index (χ3v) is 6.31. The van der Waals surface area contributed by atoms with Gasteiger partial charge in [-0.25, -0.2) is 4.98 Å². The molecule has 0 saturated heterocycles. The van der Waals surface area contributed by atoms with Crippen molar-refractivity contribution in [2.45, 2.75) is 0 Å². The van der Waals surface area contributed by atoms with E-state index in [0.29, 0.717) is 39.5 Å². The summed E-state index contributed by atoms with van der Waals surface area (Å²) in [5.41, 5.74) is 4.41. The first kappa shape index (κ1) is 23.0. The van der Waals surface area contributed by atoms with E-state index in [9.17, 15) is 9.59 Å². The molecule has 172 valence electrons. The predicted octanol–water partition coefficient (Wildman–Crippen LogP) is 7.52. The maximum Gasteiger partial charge on any atom is 0.255 e. The van der Waals surface area contributed by atoms with Gasteiger partial charge in [0.15, 0.2) is 5.58 Å². The standard InChI is InChI=1S/C27H17Br2N3O3/c28-19-7-1-16(2-8-19)25(33)30-21-11-5-18(6-12-21)27-32-23-15-22(13-14-24(23)35-27)31-26(34)17-3-9-20(29)10-4-17/h1-15H,(H,30,33)(H,31,34). The first-order chi connectivity index (χ1) is 16.9. The third kappa shape index (κ3) is 5.34. The van der Waals surface area contributed by atoms with Gasteiger partial charge in [-0.15, -0.1) is 0 Å². The number of nitrogens with zero attached hydrogens (tertiary/aromatic N) is 1. The summed E-state index contributed by atoms with van der Waals surface area (Å²) in [5, 5.41) is 5.76. The summed E-state index contributed by atoms with van der Waals surface area (Å²) < 4.78 is 7.71. The summed E-state index contributed by atoms with van der Waals surface area (Å²) in [5.74, 6) is 0.0494. The average Bonchev–Trinajstić information content (AvgIpc) is 3.29. The van der Waals surface area contributed by atoms with Crippen LogP contribution in [-0.2, 0) is 0 Å². The van der Waals surface area contributed by atoms with Crippen LogP contribution in [0.15, 0.2) is 104 Å². The zero-order valence-electron chi connectivity index (χ0n) is 18.1. The fourth-order valence-electron chi connectivity index (χ4n) is 3.43. The summed E-state index contributed by atoms with van der Waals surface area (Å²) in [6.07, 6.45) is 0. The highest BCUT2D eigenvalue weighted by molar-refractivity contribution is 9.10. The fourth-order valence-corrected chi connectivity index (χ4v) is 3.96. The van der Waals surface area contributed by atoms with Gasteiger partial charge in [0, 0.05) is 37.0 Å². The van der Waals surface area contributed by atoms with Crippen LogP contribution in [-0.4, -0.2) is 16.8 Å². The van der Waals surface area contributed by atoms with Crippen molar-refractivity contribution in [2.24, 2.45) is 0 Å². The number of carbonyl (C=O) groups is 2. The second kappa shape index (κ2) is 9.85. The molecule has 0 spiro atoms. The van der Waals surface area contributed by atoms with E-state index < -0.39 is 0 Å². The van der Waals surface area contributed by atoms with Crippen LogP contribution in [0, 0.1) is 0 Å². The normalized spacial score (nSPS) is 10.8. The van der Waals surface area contributed by atoms with E-state index in [1.165, 1.54) is 0 Å². The van der Waals surface area contributed by atoms with Crippen LogP contribution in [0.1, 0.15) is 20.7 Å². The lowest BCUT2D eigenvalue weighted by molar-refractivity contribution is 0.101. The summed E-state index contributed by atoms with van der Waals surface area (Å²) in [6, 6.07) is 26.9. The molecule has 5 rings (SSSR count). The van der Waals surface area contributed by atoms with Gasteiger partial charge in [-0.1, -0.05) is 31.9 Å². The van der Waals surface area contributed by atoms with Gasteiger partial charge in [-0.05, 0) is 91.0 Å². The van der Waals surface area contributed by atoms with Gasteiger partial charge in [0.25, 0.3) is 11.8 Å². The van der Waals surface area contributed by atoms with Gasteiger partial charge in [0.2, 0.25) is 5.89 Å². The largest absolute Gasteiger partial charge is 0.436 e. The number of benzene rings is 4. The zero-order chi connectivity index (χ0) is 24.4. The number of aromatic nitrogens is 1. The van der Waals surface area contributed by atoms with Crippen molar-refractivity contribution < 1.29 is 14.0 Å². The lowest BCUT2D eigenvalue weighted by atomic mass is 10.2. The van der Waals surface area contributed by atoms with Crippen molar-refractivity contribution >= 4 is 66.1 Å². The van der Waals surface area contributed by atoms with Gasteiger partial charge < -0.3 is 15.1 Å². The molecule has 0 aliphatic heterocycles. The molecule has 35 heavy (non-hydrogen) atoms. The number of amides is 2. The highest BCUT2D eigenvalue weighted by Crippen LogP contribution is 2.27. The number of oxazole rings is 1. The van der Waals surface area contributed by atoms with Gasteiger partial charge in [0.1, 0.15) is 5.52 Å². The lowest BCUT2D eigenvalue weighted by Crippen LogP contribution is -2.11. The minimum absolute atomic E-state index is 0.190. The van der Waals surface area contributed by atoms with E-state index >= 15 is 0 Å². The second-order valence-electron chi connectivity index (χ2n) is 7.70. The quantitative estimate of drug-likeness (QED) is 0.222. The number of hydrogen-bond acceptors (Lipinski definition) is 4. The molecule has 1 heterocycles. The van der Waals surface area contributed by atoms with E-state index in [1.807, 2.05) is 36.4 Å². The Morgan fingerprint density at radius 1 is 0.657 bits per heavy atom. The summed E-state index contributed by atoms with van der Waals surface area (Å²) in [6.45, 7) is 0. The van der Waals surface area contributed by atoms with Crippen molar-refractivity contribution in [3.8, 4) is 11.5 Å². The molecule has 0 radical (unpaired) electrons. The Balaban J connectivity index is 1.30.